The first-order chi connectivity index (χ1) is 11.6. The molecule has 0 bridgehead atoms. The van der Waals surface area contributed by atoms with Crippen LogP contribution in [0.4, 0.5) is 5.69 Å². The summed E-state index contributed by atoms with van der Waals surface area (Å²) in [6, 6.07) is 14.8. The molecule has 2 rings (SSSR count). The van der Waals surface area contributed by atoms with Gasteiger partial charge in [-0.2, -0.15) is 0 Å². The van der Waals surface area contributed by atoms with Crippen LogP contribution in [0.2, 0.25) is 0 Å². The molecule has 2 aromatic carbocycles. The van der Waals surface area contributed by atoms with E-state index in [2.05, 4.69) is 56.0 Å². The van der Waals surface area contributed by atoms with Gasteiger partial charge >= 0.3 is 0 Å². The van der Waals surface area contributed by atoms with E-state index in [0.717, 1.165) is 37.9 Å². The molecule has 0 saturated carbocycles. The third kappa shape index (κ3) is 5.30. The summed E-state index contributed by atoms with van der Waals surface area (Å²) in [7, 11) is 0. The van der Waals surface area contributed by atoms with Crippen LogP contribution in [-0.4, -0.2) is 18.2 Å². The maximum absolute atomic E-state index is 9.96. The lowest BCUT2D eigenvalue weighted by atomic mass is 10.0. The van der Waals surface area contributed by atoms with Gasteiger partial charge in [-0.05, 0) is 68.4 Å². The first-order valence-electron chi connectivity index (χ1n) is 9.26. The summed E-state index contributed by atoms with van der Waals surface area (Å²) in [6.45, 7) is 8.78. The molecule has 0 aromatic heterocycles. The van der Waals surface area contributed by atoms with Gasteiger partial charge in [-0.25, -0.2) is 0 Å². The lowest BCUT2D eigenvalue weighted by Gasteiger charge is -2.24. The van der Waals surface area contributed by atoms with Gasteiger partial charge in [-0.3, -0.25) is 0 Å². The van der Waals surface area contributed by atoms with Crippen molar-refractivity contribution in [2.24, 2.45) is 0 Å². The second kappa shape index (κ2) is 9.36. The molecule has 0 unspecified atom stereocenters. The minimum atomic E-state index is 0.423. The van der Waals surface area contributed by atoms with Crippen LogP contribution in [0, 0.1) is 6.92 Å². The minimum Gasteiger partial charge on any atom is -0.508 e. The number of rotatable bonds is 9. The van der Waals surface area contributed by atoms with Crippen molar-refractivity contribution in [1.29, 1.82) is 0 Å². The molecular formula is C22H31NO. The number of hydrogen-bond acceptors (Lipinski definition) is 2. The van der Waals surface area contributed by atoms with Crippen molar-refractivity contribution >= 4 is 5.69 Å². The van der Waals surface area contributed by atoms with Crippen molar-refractivity contribution in [1.82, 2.24) is 0 Å². The summed E-state index contributed by atoms with van der Waals surface area (Å²) in [5.74, 6) is 0.423. The van der Waals surface area contributed by atoms with E-state index < -0.39 is 0 Å². The number of anilines is 1. The van der Waals surface area contributed by atoms with E-state index in [-0.39, 0.29) is 0 Å². The standard InChI is InChI=1S/C22H31NO/c1-4-14-23(15-5-2)21-11-7-9-19(17-21)8-6-10-20-16-18(3)12-13-22(20)24/h7,9,11-13,16-17,24H,4-6,8,10,14-15H2,1-3H3. The molecule has 0 aliphatic rings. The van der Waals surface area contributed by atoms with Crippen molar-refractivity contribution < 1.29 is 5.11 Å². The number of aryl methyl sites for hydroxylation is 3. The van der Waals surface area contributed by atoms with Gasteiger partial charge in [-0.1, -0.05) is 43.7 Å². The number of hydrogen-bond donors (Lipinski definition) is 1. The zero-order valence-corrected chi connectivity index (χ0v) is 15.4. The van der Waals surface area contributed by atoms with Gasteiger partial charge < -0.3 is 10.0 Å². The summed E-state index contributed by atoms with van der Waals surface area (Å²) in [6.07, 6.45) is 5.38. The normalized spacial score (nSPS) is 10.8. The lowest BCUT2D eigenvalue weighted by Crippen LogP contribution is -2.24. The Balaban J connectivity index is 1.97. The Morgan fingerprint density at radius 1 is 0.917 bits per heavy atom. The van der Waals surface area contributed by atoms with Crippen LogP contribution >= 0.6 is 0 Å². The molecule has 0 fully saturated rings. The van der Waals surface area contributed by atoms with E-state index in [0.29, 0.717) is 5.75 Å². The highest BCUT2D eigenvalue weighted by Gasteiger charge is 2.06. The molecule has 1 N–H and O–H groups in total. The predicted octanol–water partition coefficient (Wildman–Crippen LogP) is 5.50. The molecule has 2 heteroatoms. The summed E-state index contributed by atoms with van der Waals surface area (Å²) in [5.41, 5.74) is 5.00. The average Bonchev–Trinajstić information content (AvgIpc) is 2.58. The fourth-order valence-corrected chi connectivity index (χ4v) is 3.22. The number of benzene rings is 2. The highest BCUT2D eigenvalue weighted by atomic mass is 16.3. The summed E-state index contributed by atoms with van der Waals surface area (Å²) >= 11 is 0. The molecule has 0 aliphatic heterocycles. The molecule has 2 aromatic rings. The third-order valence-corrected chi connectivity index (χ3v) is 4.41. The van der Waals surface area contributed by atoms with Crippen molar-refractivity contribution in [3.05, 3.63) is 59.2 Å². The molecule has 0 saturated heterocycles. The summed E-state index contributed by atoms with van der Waals surface area (Å²) < 4.78 is 0. The van der Waals surface area contributed by atoms with E-state index in [1.807, 2.05) is 6.07 Å². The first kappa shape index (κ1) is 18.4. The van der Waals surface area contributed by atoms with Crippen molar-refractivity contribution in [2.45, 2.75) is 52.9 Å². The van der Waals surface area contributed by atoms with Gasteiger partial charge in [0.1, 0.15) is 5.75 Å². The van der Waals surface area contributed by atoms with Gasteiger partial charge in [0.2, 0.25) is 0 Å². The smallest absolute Gasteiger partial charge is 0.118 e. The van der Waals surface area contributed by atoms with E-state index in [4.69, 9.17) is 0 Å². The molecule has 0 amide bonds. The molecule has 130 valence electrons. The van der Waals surface area contributed by atoms with Crippen molar-refractivity contribution in [3.8, 4) is 5.75 Å². The molecule has 0 atom stereocenters. The number of nitrogens with zero attached hydrogens (tertiary/aromatic N) is 1. The molecular weight excluding hydrogens is 294 g/mol. The predicted molar refractivity (Wildman–Crippen MR) is 104 cm³/mol. The fraction of sp³-hybridized carbons (Fsp3) is 0.455. The van der Waals surface area contributed by atoms with Crippen LogP contribution < -0.4 is 4.90 Å². The third-order valence-electron chi connectivity index (χ3n) is 4.41. The minimum absolute atomic E-state index is 0.423. The molecule has 0 radical (unpaired) electrons. The topological polar surface area (TPSA) is 23.5 Å². The Labute approximate surface area is 147 Å². The van der Waals surface area contributed by atoms with Crippen LogP contribution in [0.5, 0.6) is 5.75 Å². The Morgan fingerprint density at radius 2 is 1.67 bits per heavy atom. The highest BCUT2D eigenvalue weighted by molar-refractivity contribution is 5.48. The van der Waals surface area contributed by atoms with Gasteiger partial charge in [0.05, 0.1) is 0 Å². The van der Waals surface area contributed by atoms with E-state index in [1.54, 1.807) is 6.07 Å². The fourth-order valence-electron chi connectivity index (χ4n) is 3.22. The number of aromatic hydroxyl groups is 1. The van der Waals surface area contributed by atoms with Crippen LogP contribution in [0.25, 0.3) is 0 Å². The summed E-state index contributed by atoms with van der Waals surface area (Å²) in [5, 5.41) is 9.96. The van der Waals surface area contributed by atoms with Gasteiger partial charge in [0.25, 0.3) is 0 Å². The Bertz CT molecular complexity index is 630. The second-order valence-electron chi connectivity index (χ2n) is 6.64. The zero-order chi connectivity index (χ0) is 17.4. The molecule has 2 nitrogen and oxygen atoms in total. The SMILES string of the molecule is CCCN(CCC)c1cccc(CCCc2cc(C)ccc2O)c1. The second-order valence-corrected chi connectivity index (χ2v) is 6.64. The Hall–Kier alpha value is -1.96. The Morgan fingerprint density at radius 3 is 2.38 bits per heavy atom. The maximum Gasteiger partial charge on any atom is 0.118 e. The Kier molecular flexibility index (Phi) is 7.17. The van der Waals surface area contributed by atoms with Crippen LogP contribution in [0.3, 0.4) is 0 Å². The highest BCUT2D eigenvalue weighted by Crippen LogP contribution is 2.22. The largest absolute Gasteiger partial charge is 0.508 e. The molecule has 24 heavy (non-hydrogen) atoms. The monoisotopic (exact) mass is 325 g/mol. The van der Waals surface area contributed by atoms with Crippen LogP contribution in [0.15, 0.2) is 42.5 Å². The van der Waals surface area contributed by atoms with Gasteiger partial charge in [0, 0.05) is 18.8 Å². The van der Waals surface area contributed by atoms with E-state index in [9.17, 15) is 5.11 Å². The average molecular weight is 325 g/mol. The van der Waals surface area contributed by atoms with Crippen LogP contribution in [0.1, 0.15) is 49.8 Å². The van der Waals surface area contributed by atoms with Crippen LogP contribution in [-0.2, 0) is 12.8 Å². The van der Waals surface area contributed by atoms with Gasteiger partial charge in [-0.15, -0.1) is 0 Å². The number of phenolic OH excluding ortho intramolecular Hbond substituents is 1. The lowest BCUT2D eigenvalue weighted by molar-refractivity contribution is 0.467. The van der Waals surface area contributed by atoms with Gasteiger partial charge in [0.15, 0.2) is 0 Å². The van der Waals surface area contributed by atoms with E-state index in [1.165, 1.54) is 29.7 Å². The van der Waals surface area contributed by atoms with Crippen molar-refractivity contribution in [3.63, 3.8) is 0 Å². The zero-order valence-electron chi connectivity index (χ0n) is 15.4. The molecule has 0 spiro atoms. The van der Waals surface area contributed by atoms with E-state index >= 15 is 0 Å². The van der Waals surface area contributed by atoms with Crippen molar-refractivity contribution in [2.75, 3.05) is 18.0 Å². The maximum atomic E-state index is 9.96. The number of phenols is 1. The first-order valence-corrected chi connectivity index (χ1v) is 9.26. The summed E-state index contributed by atoms with van der Waals surface area (Å²) in [4.78, 5) is 2.48. The molecule has 0 heterocycles. The quantitative estimate of drug-likeness (QED) is 0.658. The molecule has 0 aliphatic carbocycles.